The number of hydrazone groups is 1. The Bertz CT molecular complexity index is 699. The van der Waals surface area contributed by atoms with E-state index in [1.807, 2.05) is 6.07 Å². The van der Waals surface area contributed by atoms with Crippen LogP contribution in [0.3, 0.4) is 0 Å². The van der Waals surface area contributed by atoms with Crippen LogP contribution in [0, 0.1) is 0 Å². The molecule has 0 aromatic heterocycles. The van der Waals surface area contributed by atoms with Crippen LogP contribution in [-0.2, 0) is 20.9 Å². The fraction of sp³-hybridized carbons (Fsp3) is 0.333. The van der Waals surface area contributed by atoms with Crippen molar-refractivity contribution in [2.75, 3.05) is 11.9 Å². The molecular weight excluding hydrogens is 300 g/mol. The quantitative estimate of drug-likeness (QED) is 0.744. The molecule has 0 saturated heterocycles. The molecule has 0 unspecified atom stereocenters. The van der Waals surface area contributed by atoms with Crippen LogP contribution in [0.4, 0.5) is 5.69 Å². The molecule has 2 aliphatic rings. The normalized spacial score (nSPS) is 17.0. The summed E-state index contributed by atoms with van der Waals surface area (Å²) in [6.07, 6.45) is 0.895. The molecule has 120 valence electrons. The van der Waals surface area contributed by atoms with Crippen molar-refractivity contribution in [2.45, 2.75) is 25.8 Å². The van der Waals surface area contributed by atoms with E-state index >= 15 is 0 Å². The second-order valence-electron chi connectivity index (χ2n) is 5.25. The smallest absolute Gasteiger partial charge is 0.267 e. The summed E-state index contributed by atoms with van der Waals surface area (Å²) in [6, 6.07) is 5.35. The van der Waals surface area contributed by atoms with E-state index in [0.29, 0.717) is 36.6 Å². The summed E-state index contributed by atoms with van der Waals surface area (Å²) in [5, 5.41) is 9.26. The van der Waals surface area contributed by atoms with Crippen LogP contribution in [0.1, 0.15) is 24.8 Å². The predicted octanol–water partition coefficient (Wildman–Crippen LogP) is 0.290. The highest BCUT2D eigenvalue weighted by molar-refractivity contribution is 6.39. The SMILES string of the molecule is O=C1CCC(C(=O)NCc2ccc3c(c2)NC(=O)CCO3)=NN1. The highest BCUT2D eigenvalue weighted by Gasteiger charge is 2.18. The Kier molecular flexibility index (Phi) is 4.22. The van der Waals surface area contributed by atoms with Crippen molar-refractivity contribution in [1.29, 1.82) is 0 Å². The summed E-state index contributed by atoms with van der Waals surface area (Å²) in [6.45, 7) is 0.634. The van der Waals surface area contributed by atoms with E-state index in [-0.39, 0.29) is 30.7 Å². The number of amides is 3. The van der Waals surface area contributed by atoms with Crippen molar-refractivity contribution in [3.8, 4) is 5.75 Å². The predicted molar refractivity (Wildman–Crippen MR) is 81.8 cm³/mol. The molecule has 1 aromatic rings. The van der Waals surface area contributed by atoms with E-state index < -0.39 is 0 Å². The molecule has 0 aliphatic carbocycles. The Morgan fingerprint density at radius 3 is 2.87 bits per heavy atom. The van der Waals surface area contributed by atoms with Crippen LogP contribution >= 0.6 is 0 Å². The molecule has 3 rings (SSSR count). The zero-order chi connectivity index (χ0) is 16.2. The van der Waals surface area contributed by atoms with Gasteiger partial charge >= 0.3 is 0 Å². The number of carbonyl (C=O) groups excluding carboxylic acids is 3. The Hall–Kier alpha value is -2.90. The van der Waals surface area contributed by atoms with Crippen LogP contribution in [-0.4, -0.2) is 30.0 Å². The highest BCUT2D eigenvalue weighted by Crippen LogP contribution is 2.28. The molecule has 2 aliphatic heterocycles. The third kappa shape index (κ3) is 3.65. The van der Waals surface area contributed by atoms with Crippen LogP contribution in [0.15, 0.2) is 23.3 Å². The van der Waals surface area contributed by atoms with Crippen LogP contribution in [0.25, 0.3) is 0 Å². The number of nitrogens with zero attached hydrogens (tertiary/aromatic N) is 1. The minimum atomic E-state index is -0.319. The van der Waals surface area contributed by atoms with E-state index in [4.69, 9.17) is 4.74 Å². The number of anilines is 1. The summed E-state index contributed by atoms with van der Waals surface area (Å²) >= 11 is 0. The van der Waals surface area contributed by atoms with Crippen LogP contribution in [0.5, 0.6) is 5.75 Å². The standard InChI is InChI=1S/C15H16N4O4/c20-13-5-6-23-12-3-1-9(7-11(12)17-13)8-16-15(22)10-2-4-14(21)19-18-10/h1,3,7H,2,4-6,8H2,(H,16,22)(H,17,20)(H,19,21). The fourth-order valence-corrected chi connectivity index (χ4v) is 2.30. The highest BCUT2D eigenvalue weighted by atomic mass is 16.5. The molecule has 3 N–H and O–H groups in total. The molecule has 3 amide bonds. The van der Waals surface area contributed by atoms with E-state index in [2.05, 4.69) is 21.2 Å². The van der Waals surface area contributed by atoms with E-state index in [1.165, 1.54) is 0 Å². The second-order valence-corrected chi connectivity index (χ2v) is 5.25. The van der Waals surface area contributed by atoms with Gasteiger partial charge in [-0.1, -0.05) is 6.07 Å². The first kappa shape index (κ1) is 15.0. The number of rotatable bonds is 3. The zero-order valence-corrected chi connectivity index (χ0v) is 12.3. The summed E-state index contributed by atoms with van der Waals surface area (Å²) in [4.78, 5) is 34.5. The molecule has 0 saturated carbocycles. The maximum absolute atomic E-state index is 12.0. The lowest BCUT2D eigenvalue weighted by molar-refractivity contribution is -0.121. The zero-order valence-electron chi connectivity index (χ0n) is 12.3. The monoisotopic (exact) mass is 316 g/mol. The van der Waals surface area contributed by atoms with Gasteiger partial charge in [0, 0.05) is 19.4 Å². The molecular formula is C15H16N4O4. The molecule has 8 nitrogen and oxygen atoms in total. The number of ether oxygens (including phenoxy) is 1. The topological polar surface area (TPSA) is 109 Å². The number of hydrogen-bond acceptors (Lipinski definition) is 5. The molecule has 2 heterocycles. The number of benzene rings is 1. The largest absolute Gasteiger partial charge is 0.491 e. The van der Waals surface area contributed by atoms with Gasteiger partial charge in [-0.05, 0) is 17.7 Å². The van der Waals surface area contributed by atoms with E-state index in [1.54, 1.807) is 12.1 Å². The van der Waals surface area contributed by atoms with Crippen molar-refractivity contribution in [2.24, 2.45) is 5.10 Å². The van der Waals surface area contributed by atoms with Crippen molar-refractivity contribution in [3.05, 3.63) is 23.8 Å². The molecule has 0 fully saturated rings. The lowest BCUT2D eigenvalue weighted by Crippen LogP contribution is -2.36. The average Bonchev–Trinajstić information content (AvgIpc) is 2.73. The molecule has 8 heteroatoms. The molecule has 0 spiro atoms. The lowest BCUT2D eigenvalue weighted by Gasteiger charge is -2.13. The van der Waals surface area contributed by atoms with Gasteiger partial charge in [-0.3, -0.25) is 14.4 Å². The van der Waals surface area contributed by atoms with Crippen molar-refractivity contribution in [3.63, 3.8) is 0 Å². The van der Waals surface area contributed by atoms with Gasteiger partial charge in [0.25, 0.3) is 5.91 Å². The summed E-state index contributed by atoms with van der Waals surface area (Å²) < 4.78 is 5.47. The minimum Gasteiger partial charge on any atom is -0.491 e. The first-order valence-electron chi connectivity index (χ1n) is 7.31. The Balaban J connectivity index is 1.63. The van der Waals surface area contributed by atoms with Gasteiger partial charge in [0.05, 0.1) is 18.7 Å². The van der Waals surface area contributed by atoms with Gasteiger partial charge in [0.2, 0.25) is 11.8 Å². The van der Waals surface area contributed by atoms with Crippen molar-refractivity contribution in [1.82, 2.24) is 10.7 Å². The van der Waals surface area contributed by atoms with Gasteiger partial charge < -0.3 is 15.4 Å². The Morgan fingerprint density at radius 2 is 2.09 bits per heavy atom. The Labute approximate surface area is 132 Å². The van der Waals surface area contributed by atoms with Gasteiger partial charge in [-0.2, -0.15) is 5.10 Å². The van der Waals surface area contributed by atoms with Crippen molar-refractivity contribution >= 4 is 29.1 Å². The molecule has 0 radical (unpaired) electrons. The third-order valence-electron chi connectivity index (χ3n) is 3.52. The number of carbonyl (C=O) groups is 3. The third-order valence-corrected chi connectivity index (χ3v) is 3.52. The second kappa shape index (κ2) is 6.47. The summed E-state index contributed by atoms with van der Waals surface area (Å²) in [5.74, 6) is 0.00538. The van der Waals surface area contributed by atoms with Crippen LogP contribution in [0.2, 0.25) is 0 Å². The van der Waals surface area contributed by atoms with E-state index in [0.717, 1.165) is 5.56 Å². The Morgan fingerprint density at radius 1 is 1.22 bits per heavy atom. The minimum absolute atomic E-state index is 0.0998. The molecule has 0 atom stereocenters. The fourth-order valence-electron chi connectivity index (χ4n) is 2.30. The lowest BCUT2D eigenvalue weighted by atomic mass is 10.1. The number of nitrogens with one attached hydrogen (secondary N) is 3. The maximum Gasteiger partial charge on any atom is 0.267 e. The first-order chi connectivity index (χ1) is 11.1. The molecule has 0 bridgehead atoms. The molecule has 23 heavy (non-hydrogen) atoms. The first-order valence-corrected chi connectivity index (χ1v) is 7.31. The van der Waals surface area contributed by atoms with Gasteiger partial charge in [-0.25, -0.2) is 5.43 Å². The van der Waals surface area contributed by atoms with E-state index in [9.17, 15) is 14.4 Å². The van der Waals surface area contributed by atoms with Crippen molar-refractivity contribution < 1.29 is 19.1 Å². The average molecular weight is 316 g/mol. The number of fused-ring (bicyclic) bond motifs is 1. The summed E-state index contributed by atoms with van der Waals surface area (Å²) in [7, 11) is 0. The maximum atomic E-state index is 12.0. The van der Waals surface area contributed by atoms with Gasteiger partial charge in [-0.15, -0.1) is 0 Å². The van der Waals surface area contributed by atoms with Gasteiger partial charge in [0.15, 0.2) is 0 Å². The number of hydrogen-bond donors (Lipinski definition) is 3. The summed E-state index contributed by atoms with van der Waals surface area (Å²) in [5.41, 5.74) is 4.01. The van der Waals surface area contributed by atoms with Gasteiger partial charge in [0.1, 0.15) is 11.5 Å². The molecule has 1 aromatic carbocycles. The van der Waals surface area contributed by atoms with Crippen LogP contribution < -0.4 is 20.8 Å².